The lowest BCUT2D eigenvalue weighted by atomic mass is 10.2. The van der Waals surface area contributed by atoms with Crippen molar-refractivity contribution in [1.82, 2.24) is 0 Å². The highest BCUT2D eigenvalue weighted by atomic mass is 127. The van der Waals surface area contributed by atoms with Gasteiger partial charge in [0.05, 0.1) is 10.7 Å². The van der Waals surface area contributed by atoms with Gasteiger partial charge in [0.15, 0.2) is 0 Å². The van der Waals surface area contributed by atoms with Crippen LogP contribution in [-0.4, -0.2) is 0 Å². The van der Waals surface area contributed by atoms with Crippen molar-refractivity contribution in [2.24, 2.45) is 0 Å². The van der Waals surface area contributed by atoms with E-state index in [1.165, 1.54) is 12.1 Å². The van der Waals surface area contributed by atoms with Gasteiger partial charge in [-0.15, -0.1) is 0 Å². The van der Waals surface area contributed by atoms with Gasteiger partial charge in [-0.3, -0.25) is 0 Å². The van der Waals surface area contributed by atoms with Crippen molar-refractivity contribution >= 4 is 39.9 Å². The minimum Gasteiger partial charge on any atom is -0.380 e. The minimum absolute atomic E-state index is 0.224. The topological polar surface area (TPSA) is 12.0 Å². The Kier molecular flexibility index (Phi) is 4.23. The number of anilines is 1. The predicted molar refractivity (Wildman–Crippen MR) is 77.9 cm³/mol. The fraction of sp³-hybridized carbons (Fsp3) is 0.0769. The molecule has 17 heavy (non-hydrogen) atoms. The Bertz CT molecular complexity index is 531. The molecule has 0 aliphatic carbocycles. The molecule has 0 aliphatic heterocycles. The van der Waals surface area contributed by atoms with Gasteiger partial charge in [-0.1, -0.05) is 23.7 Å². The third-order valence-electron chi connectivity index (χ3n) is 2.30. The van der Waals surface area contributed by atoms with Crippen molar-refractivity contribution in [2.75, 3.05) is 5.32 Å². The van der Waals surface area contributed by atoms with Crippen molar-refractivity contribution in [2.45, 2.75) is 6.54 Å². The molecule has 0 atom stereocenters. The molecule has 0 saturated carbocycles. The molecule has 2 aromatic rings. The molecule has 0 bridgehead atoms. The first-order valence-corrected chi connectivity index (χ1v) is 6.54. The lowest BCUT2D eigenvalue weighted by Gasteiger charge is -2.08. The maximum Gasteiger partial charge on any atom is 0.123 e. The molecule has 2 aromatic carbocycles. The average molecular weight is 362 g/mol. The van der Waals surface area contributed by atoms with Gasteiger partial charge < -0.3 is 5.32 Å². The third-order valence-corrected chi connectivity index (χ3v) is 3.29. The van der Waals surface area contributed by atoms with Crippen LogP contribution < -0.4 is 5.32 Å². The van der Waals surface area contributed by atoms with E-state index < -0.39 is 0 Å². The fourth-order valence-corrected chi connectivity index (χ4v) is 2.40. The summed E-state index contributed by atoms with van der Waals surface area (Å²) in [6.45, 7) is 0.554. The summed E-state index contributed by atoms with van der Waals surface area (Å²) in [5.74, 6) is -0.224. The predicted octanol–water partition coefficient (Wildman–Crippen LogP) is 4.70. The number of rotatable bonds is 3. The maximum atomic E-state index is 13.0. The van der Waals surface area contributed by atoms with Gasteiger partial charge in [0.25, 0.3) is 0 Å². The van der Waals surface area contributed by atoms with E-state index in [0.717, 1.165) is 14.8 Å². The van der Waals surface area contributed by atoms with Gasteiger partial charge in [0.1, 0.15) is 5.82 Å². The molecular weight excluding hydrogens is 352 g/mol. The van der Waals surface area contributed by atoms with E-state index >= 15 is 0 Å². The van der Waals surface area contributed by atoms with Crippen LogP contribution in [0.15, 0.2) is 42.5 Å². The summed E-state index contributed by atoms with van der Waals surface area (Å²) in [4.78, 5) is 0. The van der Waals surface area contributed by atoms with Crippen LogP contribution in [0.25, 0.3) is 0 Å². The van der Waals surface area contributed by atoms with E-state index in [2.05, 4.69) is 27.9 Å². The van der Waals surface area contributed by atoms with Crippen LogP contribution in [0.3, 0.4) is 0 Å². The van der Waals surface area contributed by atoms with Gasteiger partial charge in [0.2, 0.25) is 0 Å². The first-order valence-electron chi connectivity index (χ1n) is 5.08. The largest absolute Gasteiger partial charge is 0.380 e. The van der Waals surface area contributed by atoms with Crippen LogP contribution in [-0.2, 0) is 6.54 Å². The average Bonchev–Trinajstić information content (AvgIpc) is 2.28. The Morgan fingerprint density at radius 3 is 2.71 bits per heavy atom. The van der Waals surface area contributed by atoms with E-state index in [1.807, 2.05) is 24.3 Å². The molecule has 2 rings (SSSR count). The number of benzene rings is 2. The highest BCUT2D eigenvalue weighted by molar-refractivity contribution is 14.1. The van der Waals surface area contributed by atoms with Crippen molar-refractivity contribution in [3.63, 3.8) is 0 Å². The second-order valence-corrected chi connectivity index (χ2v) is 5.26. The quantitative estimate of drug-likeness (QED) is 0.782. The van der Waals surface area contributed by atoms with Crippen LogP contribution >= 0.6 is 34.2 Å². The Balaban J connectivity index is 2.07. The van der Waals surface area contributed by atoms with E-state index in [0.29, 0.717) is 11.6 Å². The lowest BCUT2D eigenvalue weighted by Crippen LogP contribution is -2.00. The Labute approximate surface area is 118 Å². The molecule has 0 radical (unpaired) electrons. The first kappa shape index (κ1) is 12.6. The number of hydrogen-bond acceptors (Lipinski definition) is 1. The van der Waals surface area contributed by atoms with Gasteiger partial charge >= 0.3 is 0 Å². The molecular formula is C13H10ClFIN. The number of hydrogen-bond donors (Lipinski definition) is 1. The maximum absolute atomic E-state index is 13.0. The van der Waals surface area contributed by atoms with E-state index in [4.69, 9.17) is 11.6 Å². The summed E-state index contributed by atoms with van der Waals surface area (Å²) < 4.78 is 14.1. The number of nitrogens with one attached hydrogen (secondary N) is 1. The molecule has 4 heteroatoms. The number of halogens is 3. The highest BCUT2D eigenvalue weighted by Crippen LogP contribution is 2.24. The minimum atomic E-state index is -0.224. The summed E-state index contributed by atoms with van der Waals surface area (Å²) in [6.07, 6.45) is 0. The summed E-state index contributed by atoms with van der Waals surface area (Å²) >= 11 is 8.29. The van der Waals surface area contributed by atoms with Crippen LogP contribution in [0.5, 0.6) is 0 Å². The van der Waals surface area contributed by atoms with E-state index in [-0.39, 0.29) is 5.82 Å². The Morgan fingerprint density at radius 1 is 1.18 bits per heavy atom. The van der Waals surface area contributed by atoms with Crippen molar-refractivity contribution < 1.29 is 4.39 Å². The summed E-state index contributed by atoms with van der Waals surface area (Å²) in [7, 11) is 0. The first-order chi connectivity index (χ1) is 8.15. The van der Waals surface area contributed by atoms with Crippen LogP contribution in [0, 0.1) is 9.39 Å². The van der Waals surface area contributed by atoms with E-state index in [9.17, 15) is 4.39 Å². The van der Waals surface area contributed by atoms with Crippen molar-refractivity contribution in [3.8, 4) is 0 Å². The Morgan fingerprint density at radius 2 is 2.00 bits per heavy atom. The standard InChI is InChI=1S/C13H10ClFIN/c14-12-7-11(16)4-5-13(12)17-8-9-2-1-3-10(15)6-9/h1-7,17H,8H2. The van der Waals surface area contributed by atoms with Gasteiger partial charge in [-0.05, 0) is 58.5 Å². The van der Waals surface area contributed by atoms with Crippen molar-refractivity contribution in [1.29, 1.82) is 0 Å². The second kappa shape index (κ2) is 5.69. The third kappa shape index (κ3) is 3.57. The van der Waals surface area contributed by atoms with Crippen LogP contribution in [0.2, 0.25) is 5.02 Å². The van der Waals surface area contributed by atoms with Crippen LogP contribution in [0.4, 0.5) is 10.1 Å². The summed E-state index contributed by atoms with van der Waals surface area (Å²) in [5, 5.41) is 3.86. The molecule has 0 saturated heterocycles. The normalized spacial score (nSPS) is 10.3. The van der Waals surface area contributed by atoms with Crippen molar-refractivity contribution in [3.05, 3.63) is 62.4 Å². The summed E-state index contributed by atoms with van der Waals surface area (Å²) in [6, 6.07) is 12.3. The molecule has 1 nitrogen and oxygen atoms in total. The van der Waals surface area contributed by atoms with E-state index in [1.54, 1.807) is 6.07 Å². The molecule has 0 aromatic heterocycles. The Hall–Kier alpha value is -0.810. The zero-order chi connectivity index (χ0) is 12.3. The molecule has 0 amide bonds. The highest BCUT2D eigenvalue weighted by Gasteiger charge is 2.01. The smallest absolute Gasteiger partial charge is 0.123 e. The molecule has 1 N–H and O–H groups in total. The monoisotopic (exact) mass is 361 g/mol. The van der Waals surface area contributed by atoms with Gasteiger partial charge in [0, 0.05) is 10.1 Å². The van der Waals surface area contributed by atoms with Gasteiger partial charge in [-0.25, -0.2) is 4.39 Å². The SMILES string of the molecule is Fc1cccc(CNc2ccc(I)cc2Cl)c1. The molecule has 0 unspecified atom stereocenters. The fourth-order valence-electron chi connectivity index (χ4n) is 1.48. The molecule has 0 spiro atoms. The van der Waals surface area contributed by atoms with Crippen LogP contribution in [0.1, 0.15) is 5.56 Å². The zero-order valence-electron chi connectivity index (χ0n) is 8.88. The van der Waals surface area contributed by atoms with Gasteiger partial charge in [-0.2, -0.15) is 0 Å². The second-order valence-electron chi connectivity index (χ2n) is 3.61. The molecule has 0 heterocycles. The molecule has 88 valence electrons. The molecule has 0 fully saturated rings. The molecule has 0 aliphatic rings. The summed E-state index contributed by atoms with van der Waals surface area (Å²) in [5.41, 5.74) is 1.75. The zero-order valence-corrected chi connectivity index (χ0v) is 11.8. The lowest BCUT2D eigenvalue weighted by molar-refractivity contribution is 0.626.